The van der Waals surface area contributed by atoms with E-state index < -0.39 is 11.0 Å². The summed E-state index contributed by atoms with van der Waals surface area (Å²) in [5.41, 5.74) is 0.995. The lowest BCUT2D eigenvalue weighted by molar-refractivity contribution is -0.907. The molecule has 2 aromatic rings. The zero-order valence-corrected chi connectivity index (χ0v) is 16.9. The van der Waals surface area contributed by atoms with E-state index in [-0.39, 0.29) is 17.3 Å². The van der Waals surface area contributed by atoms with Gasteiger partial charge in [0.25, 0.3) is 11.6 Å². The maximum Gasteiger partial charge on any atom is 0.282 e. The number of quaternary nitrogens is 1. The van der Waals surface area contributed by atoms with Crippen LogP contribution >= 0.6 is 11.6 Å². The molecule has 8 nitrogen and oxygen atoms in total. The first-order valence-corrected chi connectivity index (χ1v) is 8.92. The number of halogens is 1. The van der Waals surface area contributed by atoms with Crippen LogP contribution in [0.1, 0.15) is 12.5 Å². The van der Waals surface area contributed by atoms with Crippen molar-refractivity contribution < 1.29 is 24.1 Å². The number of nitrogens with zero attached hydrogens (tertiary/aromatic N) is 1. The molecule has 0 aliphatic carbocycles. The Bertz CT molecular complexity index is 875. The van der Waals surface area contributed by atoms with Gasteiger partial charge in [0.1, 0.15) is 18.0 Å². The van der Waals surface area contributed by atoms with Gasteiger partial charge in [-0.2, -0.15) is 0 Å². The van der Waals surface area contributed by atoms with E-state index in [1.165, 1.54) is 25.3 Å². The number of amides is 1. The summed E-state index contributed by atoms with van der Waals surface area (Å²) in [7, 11) is 4.88. The van der Waals surface area contributed by atoms with Gasteiger partial charge in [-0.3, -0.25) is 14.9 Å². The first kappa shape index (κ1) is 21.5. The topological polar surface area (TPSA) is 95.1 Å². The molecule has 0 aliphatic rings. The van der Waals surface area contributed by atoms with E-state index >= 15 is 0 Å². The summed E-state index contributed by atoms with van der Waals surface area (Å²) in [5.74, 6) is 0.745. The number of methoxy groups -OCH3 is 2. The van der Waals surface area contributed by atoms with Crippen LogP contribution < -0.4 is 19.7 Å². The first-order chi connectivity index (χ1) is 13.3. The van der Waals surface area contributed by atoms with Crippen molar-refractivity contribution in [1.82, 2.24) is 0 Å². The van der Waals surface area contributed by atoms with Crippen LogP contribution in [0.5, 0.6) is 11.5 Å². The number of anilines is 1. The van der Waals surface area contributed by atoms with Crippen molar-refractivity contribution in [2.24, 2.45) is 0 Å². The Morgan fingerprint density at radius 1 is 1.21 bits per heavy atom. The maximum atomic E-state index is 12.7. The molecule has 0 aromatic heterocycles. The molecule has 9 heteroatoms. The van der Waals surface area contributed by atoms with Crippen molar-refractivity contribution in [2.75, 3.05) is 26.6 Å². The Morgan fingerprint density at radius 3 is 2.46 bits per heavy atom. The highest BCUT2D eigenvalue weighted by atomic mass is 35.5. The Morgan fingerprint density at radius 2 is 1.86 bits per heavy atom. The average molecular weight is 409 g/mol. The SMILES string of the molecule is COc1ccc(Cl)cc1C[NH+](C)[C@@H](C)C(=O)Nc1cc([N+](=O)[O-])ccc1OC. The van der Waals surface area contributed by atoms with Crippen LogP contribution in [0.3, 0.4) is 0 Å². The minimum Gasteiger partial charge on any atom is -0.496 e. The summed E-state index contributed by atoms with van der Waals surface area (Å²) in [6.45, 7) is 2.27. The number of likely N-dealkylation sites (N-methyl/N-ethyl adjacent to an activating group) is 1. The van der Waals surface area contributed by atoms with E-state index in [1.807, 2.05) is 7.05 Å². The van der Waals surface area contributed by atoms with E-state index in [1.54, 1.807) is 32.2 Å². The number of rotatable bonds is 8. The quantitative estimate of drug-likeness (QED) is 0.516. The van der Waals surface area contributed by atoms with Crippen LogP contribution in [0.2, 0.25) is 5.02 Å². The molecule has 2 atom stereocenters. The summed E-state index contributed by atoms with van der Waals surface area (Å²) in [6.07, 6.45) is 0. The van der Waals surface area contributed by atoms with Gasteiger partial charge in [-0.25, -0.2) is 0 Å². The fourth-order valence-electron chi connectivity index (χ4n) is 2.71. The van der Waals surface area contributed by atoms with Gasteiger partial charge in [-0.1, -0.05) is 11.6 Å². The number of benzene rings is 2. The number of hydrogen-bond donors (Lipinski definition) is 2. The van der Waals surface area contributed by atoms with Crippen molar-refractivity contribution in [3.63, 3.8) is 0 Å². The molecule has 0 bridgehead atoms. The molecular formula is C19H23ClN3O5+. The molecular weight excluding hydrogens is 386 g/mol. The average Bonchev–Trinajstić information content (AvgIpc) is 2.67. The summed E-state index contributed by atoms with van der Waals surface area (Å²) in [6, 6.07) is 8.92. The highest BCUT2D eigenvalue weighted by Gasteiger charge is 2.25. The highest BCUT2D eigenvalue weighted by Crippen LogP contribution is 2.29. The second-order valence-electron chi connectivity index (χ2n) is 6.33. The number of hydrogen-bond acceptors (Lipinski definition) is 5. The second-order valence-corrected chi connectivity index (χ2v) is 6.77. The molecule has 0 radical (unpaired) electrons. The number of ether oxygens (including phenoxy) is 2. The zero-order chi connectivity index (χ0) is 20.8. The van der Waals surface area contributed by atoms with E-state index in [0.29, 0.717) is 23.1 Å². The Hall–Kier alpha value is -2.84. The fraction of sp³-hybridized carbons (Fsp3) is 0.316. The predicted molar refractivity (Wildman–Crippen MR) is 106 cm³/mol. The number of nitro benzene ring substituents is 1. The molecule has 1 amide bonds. The summed E-state index contributed by atoms with van der Waals surface area (Å²) in [5, 5.41) is 14.3. The van der Waals surface area contributed by atoms with Crippen molar-refractivity contribution >= 4 is 28.9 Å². The lowest BCUT2D eigenvalue weighted by Crippen LogP contribution is -3.12. The van der Waals surface area contributed by atoms with Crippen LogP contribution in [0.25, 0.3) is 0 Å². The third-order valence-corrected chi connectivity index (χ3v) is 4.73. The molecule has 2 N–H and O–H groups in total. The van der Waals surface area contributed by atoms with Gasteiger partial charge in [-0.15, -0.1) is 0 Å². The molecule has 2 aromatic carbocycles. The smallest absolute Gasteiger partial charge is 0.282 e. The molecule has 0 spiro atoms. The minimum atomic E-state index is -0.526. The maximum absolute atomic E-state index is 12.7. The van der Waals surface area contributed by atoms with Gasteiger partial charge in [0, 0.05) is 22.7 Å². The fourth-order valence-corrected chi connectivity index (χ4v) is 2.91. The largest absolute Gasteiger partial charge is 0.496 e. The van der Waals surface area contributed by atoms with Crippen molar-refractivity contribution in [3.05, 3.63) is 57.1 Å². The lowest BCUT2D eigenvalue weighted by Gasteiger charge is -2.22. The molecule has 0 saturated carbocycles. The predicted octanol–water partition coefficient (Wildman–Crippen LogP) is 2.31. The number of nitro groups is 1. The third-order valence-electron chi connectivity index (χ3n) is 4.50. The molecule has 1 unspecified atom stereocenters. The summed E-state index contributed by atoms with van der Waals surface area (Å²) >= 11 is 6.07. The molecule has 0 heterocycles. The number of carbonyl (C=O) groups excluding carboxylic acids is 1. The number of non-ortho nitro benzene ring substituents is 1. The van der Waals surface area contributed by atoms with E-state index in [0.717, 1.165) is 10.5 Å². The van der Waals surface area contributed by atoms with Crippen LogP contribution in [0, 0.1) is 10.1 Å². The molecule has 28 heavy (non-hydrogen) atoms. The van der Waals surface area contributed by atoms with Gasteiger partial charge in [0.05, 0.1) is 31.9 Å². The van der Waals surface area contributed by atoms with Gasteiger partial charge < -0.3 is 19.7 Å². The molecule has 0 saturated heterocycles. The van der Waals surface area contributed by atoms with Crippen molar-refractivity contribution in [2.45, 2.75) is 19.5 Å². The minimum absolute atomic E-state index is 0.131. The van der Waals surface area contributed by atoms with Crippen LogP contribution in [-0.4, -0.2) is 38.1 Å². The van der Waals surface area contributed by atoms with Crippen molar-refractivity contribution in [3.8, 4) is 11.5 Å². The molecule has 150 valence electrons. The summed E-state index contributed by atoms with van der Waals surface area (Å²) < 4.78 is 10.5. The molecule has 2 rings (SSSR count). The van der Waals surface area contributed by atoms with Gasteiger partial charge in [0.2, 0.25) is 0 Å². The summed E-state index contributed by atoms with van der Waals surface area (Å²) in [4.78, 5) is 24.1. The van der Waals surface area contributed by atoms with E-state index in [4.69, 9.17) is 21.1 Å². The molecule has 0 fully saturated rings. The lowest BCUT2D eigenvalue weighted by atomic mass is 10.1. The first-order valence-electron chi connectivity index (χ1n) is 8.54. The zero-order valence-electron chi connectivity index (χ0n) is 16.1. The van der Waals surface area contributed by atoms with Gasteiger partial charge in [0.15, 0.2) is 6.04 Å². The second kappa shape index (κ2) is 9.38. The standard InChI is InChI=1S/C19H22ClN3O5/c1-12(22(2)11-13-9-14(20)5-7-17(13)27-3)19(24)21-16-10-15(23(25)26)6-8-18(16)28-4/h5-10,12H,11H2,1-4H3,(H,21,24)/p+1/t12-/m0/s1. The monoisotopic (exact) mass is 408 g/mol. The normalized spacial score (nSPS) is 12.8. The van der Waals surface area contributed by atoms with Gasteiger partial charge in [-0.05, 0) is 31.2 Å². The van der Waals surface area contributed by atoms with Gasteiger partial charge >= 0.3 is 0 Å². The van der Waals surface area contributed by atoms with Crippen molar-refractivity contribution in [1.29, 1.82) is 0 Å². The van der Waals surface area contributed by atoms with E-state index in [2.05, 4.69) is 5.32 Å². The van der Waals surface area contributed by atoms with Crippen LogP contribution in [0.15, 0.2) is 36.4 Å². The Balaban J connectivity index is 2.15. The number of nitrogens with one attached hydrogen (secondary N) is 2. The van der Waals surface area contributed by atoms with E-state index in [9.17, 15) is 14.9 Å². The third kappa shape index (κ3) is 5.11. The Kier molecular flexibility index (Phi) is 7.19. The van der Waals surface area contributed by atoms with Crippen LogP contribution in [0.4, 0.5) is 11.4 Å². The van der Waals surface area contributed by atoms with Crippen LogP contribution in [-0.2, 0) is 11.3 Å². The Labute approximate surface area is 168 Å². The highest BCUT2D eigenvalue weighted by molar-refractivity contribution is 6.30. The number of carbonyl (C=O) groups is 1. The molecule has 0 aliphatic heterocycles.